The summed E-state index contributed by atoms with van der Waals surface area (Å²) in [6, 6.07) is 60.4. The molecule has 0 N–H and O–H groups in total. The molecule has 0 amide bonds. The van der Waals surface area contributed by atoms with Crippen LogP contribution in [0.2, 0.25) is 0 Å². The first kappa shape index (κ1) is 33.5. The summed E-state index contributed by atoms with van der Waals surface area (Å²) in [5.41, 5.74) is 13.7. The van der Waals surface area contributed by atoms with Gasteiger partial charge >= 0.3 is 0 Å². The lowest BCUT2D eigenvalue weighted by atomic mass is 9.90. The molecule has 2 aromatic heterocycles. The highest BCUT2D eigenvalue weighted by molar-refractivity contribution is 8.03. The minimum absolute atomic E-state index is 0.383. The van der Waals surface area contributed by atoms with Crippen LogP contribution in [0.25, 0.3) is 78.1 Å². The standard InChI is InChI=1S/C52H36N4S/c1-33-41(29-30-45-42-19-8-10-21-46(42)56(49(33)45)40-17-6-3-7-18-40)52-54-50(53-51(55-52)39-27-28-44-43-20-9-11-22-47(43)57-48(44)32-39)36-25-23-35(24-26-36)38-16-12-15-37(31-38)34-13-4-2-5-14-34/h2-27,29-32,44H,28H2,1H3. The fraction of sp³-hybridized carbons (Fsp3) is 0.0577. The molecule has 2 aliphatic rings. The Kier molecular flexibility index (Phi) is 8.07. The summed E-state index contributed by atoms with van der Waals surface area (Å²) in [5, 5.41) is 2.43. The molecule has 57 heavy (non-hydrogen) atoms. The zero-order valence-corrected chi connectivity index (χ0v) is 32.1. The molecule has 1 aliphatic heterocycles. The van der Waals surface area contributed by atoms with Crippen LogP contribution in [0.15, 0.2) is 192 Å². The van der Waals surface area contributed by atoms with E-state index in [1.165, 1.54) is 48.3 Å². The fourth-order valence-corrected chi connectivity index (χ4v) is 9.86. The van der Waals surface area contributed by atoms with E-state index in [-0.39, 0.29) is 0 Å². The normalized spacial score (nSPS) is 14.6. The highest BCUT2D eigenvalue weighted by atomic mass is 32.2. The third-order valence-corrected chi connectivity index (χ3v) is 12.7. The molecule has 7 aromatic carbocycles. The molecule has 0 fully saturated rings. The van der Waals surface area contributed by atoms with Crippen molar-refractivity contribution in [2.24, 2.45) is 0 Å². The van der Waals surface area contributed by atoms with E-state index in [1.807, 2.05) is 11.8 Å². The number of para-hydroxylation sites is 2. The molecule has 270 valence electrons. The van der Waals surface area contributed by atoms with Gasteiger partial charge in [0.25, 0.3) is 0 Å². The molecule has 0 radical (unpaired) electrons. The van der Waals surface area contributed by atoms with Gasteiger partial charge in [0.1, 0.15) is 0 Å². The second kappa shape index (κ2) is 13.7. The van der Waals surface area contributed by atoms with Crippen LogP contribution in [-0.2, 0) is 0 Å². The Morgan fingerprint density at radius 3 is 2.02 bits per heavy atom. The number of hydrogen-bond donors (Lipinski definition) is 0. The van der Waals surface area contributed by atoms with E-state index in [9.17, 15) is 0 Å². The van der Waals surface area contributed by atoms with Crippen molar-refractivity contribution >= 4 is 39.1 Å². The smallest absolute Gasteiger partial charge is 0.164 e. The number of hydrogen-bond acceptors (Lipinski definition) is 4. The van der Waals surface area contributed by atoms with Crippen LogP contribution in [-0.4, -0.2) is 19.5 Å². The Labute approximate surface area is 336 Å². The van der Waals surface area contributed by atoms with Crippen LogP contribution in [0.3, 0.4) is 0 Å². The summed E-state index contributed by atoms with van der Waals surface area (Å²) in [6.07, 6.45) is 5.53. The molecule has 1 aliphatic carbocycles. The second-order valence-corrected chi connectivity index (χ2v) is 15.9. The van der Waals surface area contributed by atoms with Gasteiger partial charge in [-0.25, -0.2) is 15.0 Å². The monoisotopic (exact) mass is 748 g/mol. The topological polar surface area (TPSA) is 43.6 Å². The summed E-state index contributed by atoms with van der Waals surface area (Å²) in [6.45, 7) is 2.20. The third kappa shape index (κ3) is 5.82. The summed E-state index contributed by atoms with van der Waals surface area (Å²) >= 11 is 1.87. The number of benzene rings is 7. The molecule has 0 bridgehead atoms. The predicted molar refractivity (Wildman–Crippen MR) is 236 cm³/mol. The number of thioether (sulfide) groups is 1. The van der Waals surface area contributed by atoms with Crippen molar-refractivity contribution in [2.45, 2.75) is 24.2 Å². The fourth-order valence-electron chi connectivity index (χ4n) is 8.58. The van der Waals surface area contributed by atoms with Gasteiger partial charge in [0.15, 0.2) is 17.5 Å². The molecule has 0 spiro atoms. The Morgan fingerprint density at radius 2 is 1.19 bits per heavy atom. The van der Waals surface area contributed by atoms with Gasteiger partial charge in [0.05, 0.1) is 11.0 Å². The second-order valence-electron chi connectivity index (χ2n) is 14.8. The van der Waals surface area contributed by atoms with E-state index in [2.05, 4.69) is 194 Å². The van der Waals surface area contributed by atoms with Gasteiger partial charge in [-0.05, 0) is 88.0 Å². The van der Waals surface area contributed by atoms with Crippen LogP contribution >= 0.6 is 11.8 Å². The van der Waals surface area contributed by atoms with Crippen molar-refractivity contribution in [1.82, 2.24) is 19.5 Å². The van der Waals surface area contributed by atoms with Crippen molar-refractivity contribution in [3.63, 3.8) is 0 Å². The molecule has 0 saturated carbocycles. The maximum absolute atomic E-state index is 5.29. The van der Waals surface area contributed by atoms with Crippen LogP contribution in [0.5, 0.6) is 0 Å². The summed E-state index contributed by atoms with van der Waals surface area (Å²) in [7, 11) is 0. The van der Waals surface area contributed by atoms with E-state index >= 15 is 0 Å². The first-order chi connectivity index (χ1) is 28.2. The third-order valence-electron chi connectivity index (χ3n) is 11.4. The zero-order chi connectivity index (χ0) is 37.9. The molecule has 0 saturated heterocycles. The Hall–Kier alpha value is -6.82. The minimum Gasteiger partial charge on any atom is -0.309 e. The van der Waals surface area contributed by atoms with Crippen molar-refractivity contribution in [3.05, 3.63) is 204 Å². The molecule has 5 heteroatoms. The summed E-state index contributed by atoms with van der Waals surface area (Å²) in [5.74, 6) is 2.41. The van der Waals surface area contributed by atoms with Crippen LogP contribution in [0.1, 0.15) is 29.3 Å². The van der Waals surface area contributed by atoms with Gasteiger partial charge < -0.3 is 4.57 Å². The quantitative estimate of drug-likeness (QED) is 0.170. The van der Waals surface area contributed by atoms with E-state index in [0.29, 0.717) is 23.4 Å². The lowest BCUT2D eigenvalue weighted by Crippen LogP contribution is -2.06. The van der Waals surface area contributed by atoms with Crippen LogP contribution < -0.4 is 0 Å². The number of aromatic nitrogens is 4. The Balaban J connectivity index is 1.05. The van der Waals surface area contributed by atoms with E-state index in [4.69, 9.17) is 15.0 Å². The number of aryl methyl sites for hydroxylation is 1. The highest BCUT2D eigenvalue weighted by Crippen LogP contribution is 2.53. The van der Waals surface area contributed by atoms with Gasteiger partial charge in [0, 0.05) is 44.0 Å². The van der Waals surface area contributed by atoms with E-state index < -0.39 is 0 Å². The molecule has 3 heterocycles. The van der Waals surface area contributed by atoms with Gasteiger partial charge in [-0.2, -0.15) is 0 Å². The highest BCUT2D eigenvalue weighted by Gasteiger charge is 2.30. The molecule has 1 atom stereocenters. The molecular weight excluding hydrogens is 713 g/mol. The maximum Gasteiger partial charge on any atom is 0.164 e. The average Bonchev–Trinajstić information content (AvgIpc) is 3.83. The first-order valence-electron chi connectivity index (χ1n) is 19.5. The van der Waals surface area contributed by atoms with Crippen molar-refractivity contribution < 1.29 is 0 Å². The van der Waals surface area contributed by atoms with Gasteiger partial charge in [0.2, 0.25) is 0 Å². The average molecular weight is 749 g/mol. The van der Waals surface area contributed by atoms with Crippen LogP contribution in [0.4, 0.5) is 0 Å². The molecule has 4 nitrogen and oxygen atoms in total. The Bertz CT molecular complexity index is 3070. The minimum atomic E-state index is 0.383. The summed E-state index contributed by atoms with van der Waals surface area (Å²) < 4.78 is 2.38. The van der Waals surface area contributed by atoms with Gasteiger partial charge in [-0.3, -0.25) is 0 Å². The molecule has 1 unspecified atom stereocenters. The Morgan fingerprint density at radius 1 is 0.544 bits per heavy atom. The number of rotatable bonds is 6. The van der Waals surface area contributed by atoms with Gasteiger partial charge in [-0.1, -0.05) is 157 Å². The predicted octanol–water partition coefficient (Wildman–Crippen LogP) is 13.5. The largest absolute Gasteiger partial charge is 0.309 e. The zero-order valence-electron chi connectivity index (χ0n) is 31.3. The van der Waals surface area contributed by atoms with Crippen LogP contribution in [0, 0.1) is 6.92 Å². The van der Waals surface area contributed by atoms with Crippen molar-refractivity contribution in [2.75, 3.05) is 0 Å². The van der Waals surface area contributed by atoms with Gasteiger partial charge in [-0.15, -0.1) is 0 Å². The van der Waals surface area contributed by atoms with E-state index in [0.717, 1.165) is 45.5 Å². The number of nitrogens with zero attached hydrogens (tertiary/aromatic N) is 4. The maximum atomic E-state index is 5.29. The lowest BCUT2D eigenvalue weighted by Gasteiger charge is -2.18. The molecule has 11 rings (SSSR count). The number of allylic oxidation sites excluding steroid dienone is 4. The summed E-state index contributed by atoms with van der Waals surface area (Å²) in [4.78, 5) is 18.5. The molecular formula is C52H36N4S. The van der Waals surface area contributed by atoms with Crippen molar-refractivity contribution in [3.8, 4) is 50.7 Å². The molecule has 9 aromatic rings. The lowest BCUT2D eigenvalue weighted by molar-refractivity contribution is 0.838. The van der Waals surface area contributed by atoms with E-state index in [1.54, 1.807) is 0 Å². The number of fused-ring (bicyclic) bond motifs is 6. The SMILES string of the molecule is Cc1c(-c2nc(C3=CCC4C(=C3)Sc3ccccc34)nc(-c3ccc(-c4cccc(-c5ccccc5)c4)cc3)n2)ccc2c3ccccc3n(-c3ccccc3)c12. The van der Waals surface area contributed by atoms with Crippen molar-refractivity contribution in [1.29, 1.82) is 0 Å². The first-order valence-corrected chi connectivity index (χ1v) is 20.3.